The fraction of sp³-hybridized carbons (Fsp3) is 0.233. The normalized spacial score (nSPS) is 11.7. The minimum Gasteiger partial charge on any atom is -0.495 e. The third-order valence-electron chi connectivity index (χ3n) is 6.69. The Labute approximate surface area is 253 Å². The Kier molecular flexibility index (Phi) is 8.97. The number of thioether (sulfide) groups is 1. The molecule has 0 bridgehead atoms. The third kappa shape index (κ3) is 6.07. The molecule has 0 fully saturated rings. The third-order valence-corrected chi connectivity index (χ3v) is 10.4. The molecular weight excluding hydrogens is 591 g/mol. The first-order valence-corrected chi connectivity index (χ1v) is 16.7. The molecule has 0 saturated carbocycles. The minimum atomic E-state index is -3.67. The van der Waals surface area contributed by atoms with Crippen LogP contribution < -0.4 is 10.1 Å². The van der Waals surface area contributed by atoms with Gasteiger partial charge in [0, 0.05) is 24.0 Å². The van der Waals surface area contributed by atoms with Crippen LogP contribution in [-0.2, 0) is 14.8 Å². The smallest absolute Gasteiger partial charge is 0.243 e. The van der Waals surface area contributed by atoms with Crippen LogP contribution in [0.15, 0.2) is 82.2 Å². The number of hydrogen-bond donors (Lipinski definition) is 1. The van der Waals surface area contributed by atoms with Crippen molar-refractivity contribution in [3.63, 3.8) is 0 Å². The number of methoxy groups -OCH3 is 1. The van der Waals surface area contributed by atoms with E-state index in [9.17, 15) is 13.2 Å². The predicted molar refractivity (Wildman–Crippen MR) is 169 cm³/mol. The lowest BCUT2D eigenvalue weighted by molar-refractivity contribution is -0.113. The number of aryl methyl sites for hydroxylation is 1. The monoisotopic (exact) mass is 621 g/mol. The highest BCUT2D eigenvalue weighted by molar-refractivity contribution is 7.99. The summed E-state index contributed by atoms with van der Waals surface area (Å²) < 4.78 is 35.3. The molecule has 3 aromatic carbocycles. The lowest BCUT2D eigenvalue weighted by atomic mass is 10.1. The van der Waals surface area contributed by atoms with Crippen molar-refractivity contribution in [3.05, 3.63) is 77.7 Å². The van der Waals surface area contributed by atoms with Gasteiger partial charge in [0.25, 0.3) is 0 Å². The number of hydrogen-bond acceptors (Lipinski definition) is 8. The maximum Gasteiger partial charge on any atom is 0.243 e. The molecule has 0 aliphatic rings. The maximum atomic E-state index is 13.2. The number of nitrogens with one attached hydrogen (secondary N) is 1. The Morgan fingerprint density at radius 2 is 1.79 bits per heavy atom. The number of benzene rings is 3. The maximum absolute atomic E-state index is 13.2. The summed E-state index contributed by atoms with van der Waals surface area (Å²) in [6.07, 6.45) is 0. The summed E-state index contributed by atoms with van der Waals surface area (Å²) in [6, 6.07) is 20.5. The molecule has 2 heterocycles. The lowest BCUT2D eigenvalue weighted by Gasteiger charge is -2.18. The number of aromatic nitrogens is 3. The Hall–Kier alpha value is -3.71. The average Bonchev–Trinajstić information content (AvgIpc) is 3.61. The minimum absolute atomic E-state index is 0.0719. The van der Waals surface area contributed by atoms with Gasteiger partial charge < -0.3 is 10.1 Å². The van der Waals surface area contributed by atoms with Crippen LogP contribution in [0.2, 0.25) is 0 Å². The van der Waals surface area contributed by atoms with E-state index in [4.69, 9.17) is 9.72 Å². The van der Waals surface area contributed by atoms with E-state index < -0.39 is 10.0 Å². The predicted octanol–water partition coefficient (Wildman–Crippen LogP) is 6.23. The Balaban J connectivity index is 1.44. The zero-order valence-corrected chi connectivity index (χ0v) is 26.1. The van der Waals surface area contributed by atoms with E-state index in [0.717, 1.165) is 16.9 Å². The van der Waals surface area contributed by atoms with Gasteiger partial charge in [0.1, 0.15) is 5.75 Å². The van der Waals surface area contributed by atoms with E-state index in [1.54, 1.807) is 25.3 Å². The van der Waals surface area contributed by atoms with Crippen molar-refractivity contribution in [1.29, 1.82) is 0 Å². The molecular formula is C30H31N5O4S3. The van der Waals surface area contributed by atoms with Crippen molar-refractivity contribution in [2.24, 2.45) is 0 Å². The van der Waals surface area contributed by atoms with Crippen LogP contribution in [0.25, 0.3) is 28.0 Å². The van der Waals surface area contributed by atoms with Crippen molar-refractivity contribution in [3.8, 4) is 22.7 Å². The van der Waals surface area contributed by atoms with E-state index in [0.29, 0.717) is 40.2 Å². The topological polar surface area (TPSA) is 106 Å². The highest BCUT2D eigenvalue weighted by atomic mass is 32.2. The average molecular weight is 622 g/mol. The summed E-state index contributed by atoms with van der Waals surface area (Å²) >= 11 is 2.62. The summed E-state index contributed by atoms with van der Waals surface area (Å²) in [5.41, 5.74) is 4.88. The Morgan fingerprint density at radius 3 is 2.50 bits per heavy atom. The first-order valence-electron chi connectivity index (χ1n) is 13.4. The molecule has 1 N–H and O–H groups in total. The van der Waals surface area contributed by atoms with Crippen LogP contribution in [0.1, 0.15) is 19.4 Å². The number of carbonyl (C=O) groups excluding carboxylic acids is 1. The van der Waals surface area contributed by atoms with Gasteiger partial charge in [-0.25, -0.2) is 18.4 Å². The molecule has 0 unspecified atom stereocenters. The molecule has 42 heavy (non-hydrogen) atoms. The van der Waals surface area contributed by atoms with E-state index in [-0.39, 0.29) is 16.6 Å². The summed E-state index contributed by atoms with van der Waals surface area (Å²) in [7, 11) is -2.08. The number of carbonyl (C=O) groups is 1. The zero-order chi connectivity index (χ0) is 29.9. The van der Waals surface area contributed by atoms with Gasteiger partial charge in [-0.3, -0.25) is 9.36 Å². The van der Waals surface area contributed by atoms with Crippen LogP contribution in [0.5, 0.6) is 5.75 Å². The van der Waals surface area contributed by atoms with Gasteiger partial charge >= 0.3 is 0 Å². The second-order valence-electron chi connectivity index (χ2n) is 9.38. The van der Waals surface area contributed by atoms with Crippen molar-refractivity contribution in [2.45, 2.75) is 30.8 Å². The van der Waals surface area contributed by atoms with E-state index in [2.05, 4.69) is 10.3 Å². The van der Waals surface area contributed by atoms with Gasteiger partial charge in [-0.2, -0.15) is 4.31 Å². The number of ether oxygens (including phenoxy) is 1. The second kappa shape index (κ2) is 12.7. The fourth-order valence-corrected chi connectivity index (χ4v) is 7.56. The molecule has 0 aliphatic carbocycles. The van der Waals surface area contributed by atoms with E-state index in [1.165, 1.54) is 33.0 Å². The van der Waals surface area contributed by atoms with E-state index >= 15 is 0 Å². The van der Waals surface area contributed by atoms with Crippen LogP contribution >= 0.6 is 23.1 Å². The highest BCUT2D eigenvalue weighted by Crippen LogP contribution is 2.34. The molecule has 0 saturated heterocycles. The zero-order valence-electron chi connectivity index (χ0n) is 23.7. The number of rotatable bonds is 11. The number of fused-ring (bicyclic) bond motifs is 1. The number of sulfonamides is 1. The first kappa shape index (κ1) is 29.8. The molecule has 2 aromatic heterocycles. The van der Waals surface area contributed by atoms with Gasteiger partial charge in [-0.05, 0) is 37.3 Å². The van der Waals surface area contributed by atoms with Gasteiger partial charge in [0.05, 0.1) is 40.2 Å². The standard InChI is InChI=1S/C30H31N5O4S3/c1-5-34(6-2)42(37,38)22-15-16-25-23(17-22)32-30(35(25)26-9-7-8-10-27(26)39-4)41-19-28(36)33-29-31-24(18-40-29)21-13-11-20(3)12-14-21/h7-18H,5-6,19H2,1-4H3,(H,31,33,36). The molecule has 5 rings (SSSR count). The number of nitrogens with zero attached hydrogens (tertiary/aromatic N) is 4. The van der Waals surface area contributed by atoms with Crippen LogP contribution in [0, 0.1) is 6.92 Å². The molecule has 12 heteroatoms. The van der Waals surface area contributed by atoms with Gasteiger partial charge in [0.15, 0.2) is 10.3 Å². The SMILES string of the molecule is CCN(CC)S(=O)(=O)c1ccc2c(c1)nc(SCC(=O)Nc1nc(-c3ccc(C)cc3)cs1)n2-c1ccccc1OC. The molecule has 0 spiro atoms. The second-order valence-corrected chi connectivity index (χ2v) is 13.1. The van der Waals surface area contributed by atoms with Crippen LogP contribution in [-0.4, -0.2) is 59.1 Å². The summed E-state index contributed by atoms with van der Waals surface area (Å²) in [5.74, 6) is 0.463. The van der Waals surface area contributed by atoms with E-state index in [1.807, 2.05) is 79.2 Å². The Bertz CT molecular complexity index is 1830. The quantitative estimate of drug-likeness (QED) is 0.174. The number of amides is 1. The summed E-state index contributed by atoms with van der Waals surface area (Å²) in [5, 5.41) is 5.84. The van der Waals surface area contributed by atoms with Crippen molar-refractivity contribution in [1.82, 2.24) is 18.8 Å². The highest BCUT2D eigenvalue weighted by Gasteiger charge is 2.24. The van der Waals surface area contributed by atoms with Crippen molar-refractivity contribution >= 4 is 55.2 Å². The van der Waals surface area contributed by atoms with Gasteiger partial charge in [-0.15, -0.1) is 11.3 Å². The fourth-order valence-electron chi connectivity index (χ4n) is 4.53. The van der Waals surface area contributed by atoms with Crippen LogP contribution in [0.4, 0.5) is 5.13 Å². The molecule has 5 aromatic rings. The van der Waals surface area contributed by atoms with Crippen molar-refractivity contribution < 1.29 is 17.9 Å². The van der Waals surface area contributed by atoms with Gasteiger partial charge in [0.2, 0.25) is 15.9 Å². The largest absolute Gasteiger partial charge is 0.495 e. The molecule has 0 aliphatic heterocycles. The first-order chi connectivity index (χ1) is 20.2. The number of imidazole rings is 1. The molecule has 9 nitrogen and oxygen atoms in total. The Morgan fingerprint density at radius 1 is 1.05 bits per heavy atom. The lowest BCUT2D eigenvalue weighted by Crippen LogP contribution is -2.30. The van der Waals surface area contributed by atoms with Crippen molar-refractivity contribution in [2.75, 3.05) is 31.3 Å². The summed E-state index contributed by atoms with van der Waals surface area (Å²) in [4.78, 5) is 22.5. The molecule has 1 amide bonds. The summed E-state index contributed by atoms with van der Waals surface area (Å²) in [6.45, 7) is 6.39. The molecule has 0 radical (unpaired) electrons. The number of para-hydroxylation sites is 2. The molecule has 0 atom stereocenters. The molecule has 218 valence electrons. The number of thiazole rings is 1. The van der Waals surface area contributed by atoms with Gasteiger partial charge in [-0.1, -0.05) is 67.6 Å². The number of anilines is 1. The van der Waals surface area contributed by atoms with Crippen LogP contribution in [0.3, 0.4) is 0 Å².